The number of benzene rings is 2. The first-order valence-electron chi connectivity index (χ1n) is 8.81. The van der Waals surface area contributed by atoms with Gasteiger partial charge in [0.2, 0.25) is 0 Å². The lowest BCUT2D eigenvalue weighted by Crippen LogP contribution is -2.21. The zero-order valence-corrected chi connectivity index (χ0v) is 16.5. The van der Waals surface area contributed by atoms with Gasteiger partial charge < -0.3 is 18.8 Å². The van der Waals surface area contributed by atoms with E-state index in [4.69, 9.17) is 14.2 Å². The van der Waals surface area contributed by atoms with Gasteiger partial charge in [-0.25, -0.2) is 4.39 Å². The number of thiazole rings is 1. The molecule has 1 heterocycles. The van der Waals surface area contributed by atoms with Gasteiger partial charge in [-0.1, -0.05) is 11.3 Å². The molecule has 0 aliphatic rings. The van der Waals surface area contributed by atoms with Crippen molar-refractivity contribution in [1.82, 2.24) is 4.57 Å². The van der Waals surface area contributed by atoms with E-state index in [1.54, 1.807) is 7.11 Å². The van der Waals surface area contributed by atoms with E-state index in [2.05, 4.69) is 4.99 Å². The molecule has 0 saturated heterocycles. The van der Waals surface area contributed by atoms with Crippen LogP contribution in [0.15, 0.2) is 47.5 Å². The predicted octanol–water partition coefficient (Wildman–Crippen LogP) is 3.39. The van der Waals surface area contributed by atoms with Gasteiger partial charge in [-0.3, -0.25) is 4.79 Å². The molecular weight excluding hydrogens is 383 g/mol. The minimum absolute atomic E-state index is 0.228. The second-order valence-corrected chi connectivity index (χ2v) is 6.82. The van der Waals surface area contributed by atoms with E-state index in [-0.39, 0.29) is 12.4 Å². The number of amides is 1. The van der Waals surface area contributed by atoms with Crippen LogP contribution in [0.5, 0.6) is 11.5 Å². The average molecular weight is 404 g/mol. The molecule has 0 unspecified atom stereocenters. The number of methoxy groups -OCH3 is 1. The van der Waals surface area contributed by atoms with Crippen molar-refractivity contribution in [2.75, 3.05) is 26.9 Å². The molecule has 0 fully saturated rings. The molecule has 0 radical (unpaired) electrons. The monoisotopic (exact) mass is 404 g/mol. The van der Waals surface area contributed by atoms with Crippen LogP contribution in [0.1, 0.15) is 6.92 Å². The largest absolute Gasteiger partial charge is 0.497 e. The zero-order valence-electron chi connectivity index (χ0n) is 15.7. The summed E-state index contributed by atoms with van der Waals surface area (Å²) in [7, 11) is 1.61. The lowest BCUT2D eigenvalue weighted by atomic mass is 10.3. The van der Waals surface area contributed by atoms with E-state index < -0.39 is 5.91 Å². The van der Waals surface area contributed by atoms with E-state index >= 15 is 0 Å². The molecule has 0 spiro atoms. The Morgan fingerprint density at radius 2 is 1.93 bits per heavy atom. The first-order valence-corrected chi connectivity index (χ1v) is 9.63. The van der Waals surface area contributed by atoms with E-state index in [1.165, 1.54) is 35.6 Å². The highest BCUT2D eigenvalue weighted by Crippen LogP contribution is 2.23. The van der Waals surface area contributed by atoms with Crippen molar-refractivity contribution in [1.29, 1.82) is 0 Å². The molecule has 0 N–H and O–H groups in total. The Bertz CT molecular complexity index is 1010. The van der Waals surface area contributed by atoms with E-state index in [1.807, 2.05) is 29.7 Å². The van der Waals surface area contributed by atoms with Gasteiger partial charge in [0, 0.05) is 13.2 Å². The molecular formula is C20H21FN2O4S. The van der Waals surface area contributed by atoms with Gasteiger partial charge in [0.1, 0.15) is 17.3 Å². The van der Waals surface area contributed by atoms with Gasteiger partial charge in [-0.2, -0.15) is 4.99 Å². The van der Waals surface area contributed by atoms with Crippen LogP contribution >= 0.6 is 11.3 Å². The summed E-state index contributed by atoms with van der Waals surface area (Å²) in [5, 5.41) is 0. The number of halogens is 1. The number of hydrogen-bond donors (Lipinski definition) is 0. The maximum atomic E-state index is 12.9. The van der Waals surface area contributed by atoms with E-state index in [0.717, 1.165) is 16.0 Å². The Labute approximate surface area is 165 Å². The highest BCUT2D eigenvalue weighted by Gasteiger charge is 2.10. The second kappa shape index (κ2) is 9.48. The molecule has 3 aromatic rings. The Morgan fingerprint density at radius 3 is 2.64 bits per heavy atom. The minimum atomic E-state index is -0.423. The van der Waals surface area contributed by atoms with Crippen molar-refractivity contribution < 1.29 is 23.4 Å². The molecule has 148 valence electrons. The molecule has 3 rings (SSSR count). The molecule has 0 aliphatic carbocycles. The Kier molecular flexibility index (Phi) is 6.78. The third kappa shape index (κ3) is 4.96. The maximum absolute atomic E-state index is 12.9. The topological polar surface area (TPSA) is 62.1 Å². The highest BCUT2D eigenvalue weighted by molar-refractivity contribution is 7.16. The van der Waals surface area contributed by atoms with Crippen LogP contribution in [0.25, 0.3) is 10.2 Å². The number of rotatable bonds is 8. The molecule has 28 heavy (non-hydrogen) atoms. The number of aromatic nitrogens is 1. The predicted molar refractivity (Wildman–Crippen MR) is 105 cm³/mol. The fourth-order valence-corrected chi connectivity index (χ4v) is 3.70. The normalized spacial score (nSPS) is 11.8. The van der Waals surface area contributed by atoms with Gasteiger partial charge in [-0.05, 0) is 49.4 Å². The quantitative estimate of drug-likeness (QED) is 0.540. The van der Waals surface area contributed by atoms with Crippen LogP contribution in [0, 0.1) is 5.82 Å². The smallest absolute Gasteiger partial charge is 0.286 e. The summed E-state index contributed by atoms with van der Waals surface area (Å²) >= 11 is 1.40. The lowest BCUT2D eigenvalue weighted by molar-refractivity contribution is -0.120. The third-order valence-corrected chi connectivity index (χ3v) is 4.99. The number of hydrogen-bond acceptors (Lipinski definition) is 5. The fraction of sp³-hybridized carbons (Fsp3) is 0.300. The van der Waals surface area contributed by atoms with Crippen molar-refractivity contribution in [3.63, 3.8) is 0 Å². The number of carbonyl (C=O) groups is 1. The fourth-order valence-electron chi connectivity index (χ4n) is 2.60. The molecule has 0 saturated carbocycles. The minimum Gasteiger partial charge on any atom is -0.497 e. The van der Waals surface area contributed by atoms with Gasteiger partial charge in [-0.15, -0.1) is 0 Å². The van der Waals surface area contributed by atoms with Crippen molar-refractivity contribution in [3.8, 4) is 11.5 Å². The first-order chi connectivity index (χ1) is 13.6. The summed E-state index contributed by atoms with van der Waals surface area (Å²) in [6, 6.07) is 11.2. The standard InChI is InChI=1S/C20H21FN2O4S/c1-3-26-11-10-23-17-9-8-16(25-2)12-18(17)28-20(23)22-19(24)13-27-15-6-4-14(21)5-7-15/h4-9,12H,3,10-11,13H2,1-2H3. The molecule has 0 atom stereocenters. The lowest BCUT2D eigenvalue weighted by Gasteiger charge is -2.06. The van der Waals surface area contributed by atoms with Crippen molar-refractivity contribution in [2.24, 2.45) is 4.99 Å². The van der Waals surface area contributed by atoms with Gasteiger partial charge in [0.05, 0.1) is 23.9 Å². The summed E-state index contributed by atoms with van der Waals surface area (Å²) in [6.45, 7) is 3.41. The van der Waals surface area contributed by atoms with Crippen molar-refractivity contribution in [2.45, 2.75) is 13.5 Å². The Balaban J connectivity index is 1.84. The van der Waals surface area contributed by atoms with Crippen LogP contribution in [0.4, 0.5) is 4.39 Å². The van der Waals surface area contributed by atoms with Crippen molar-refractivity contribution in [3.05, 3.63) is 53.1 Å². The molecule has 1 amide bonds. The third-order valence-electron chi connectivity index (χ3n) is 3.95. The van der Waals surface area contributed by atoms with Crippen LogP contribution in [-0.4, -0.2) is 37.4 Å². The average Bonchev–Trinajstić information content (AvgIpc) is 3.04. The molecule has 8 heteroatoms. The van der Waals surface area contributed by atoms with Gasteiger partial charge >= 0.3 is 0 Å². The van der Waals surface area contributed by atoms with Gasteiger partial charge in [0.25, 0.3) is 5.91 Å². The SMILES string of the molecule is CCOCCn1c(=NC(=O)COc2ccc(F)cc2)sc2cc(OC)ccc21. The molecule has 6 nitrogen and oxygen atoms in total. The van der Waals surface area contributed by atoms with Crippen molar-refractivity contribution >= 4 is 27.5 Å². The molecule has 0 bridgehead atoms. The van der Waals surface area contributed by atoms with Gasteiger partial charge in [0.15, 0.2) is 11.4 Å². The van der Waals surface area contributed by atoms with E-state index in [0.29, 0.717) is 30.3 Å². The Morgan fingerprint density at radius 1 is 1.18 bits per heavy atom. The number of nitrogens with zero attached hydrogens (tertiary/aromatic N) is 2. The molecule has 1 aromatic heterocycles. The first kappa shape index (κ1) is 20.0. The summed E-state index contributed by atoms with van der Waals surface area (Å²) in [5.74, 6) is 0.367. The van der Waals surface area contributed by atoms with E-state index in [9.17, 15) is 9.18 Å². The number of fused-ring (bicyclic) bond motifs is 1. The Hall–Kier alpha value is -2.71. The second-order valence-electron chi connectivity index (χ2n) is 5.81. The van der Waals surface area contributed by atoms with Crippen LogP contribution < -0.4 is 14.3 Å². The summed E-state index contributed by atoms with van der Waals surface area (Å²) in [4.78, 5) is 17.1. The summed E-state index contributed by atoms with van der Waals surface area (Å²) in [5.41, 5.74) is 0.955. The highest BCUT2D eigenvalue weighted by atomic mass is 32.1. The molecule has 2 aromatic carbocycles. The maximum Gasteiger partial charge on any atom is 0.286 e. The van der Waals surface area contributed by atoms with Crippen LogP contribution in [-0.2, 0) is 16.1 Å². The number of carbonyl (C=O) groups excluding carboxylic acids is 1. The van der Waals surface area contributed by atoms with Crippen LogP contribution in [0.3, 0.4) is 0 Å². The summed E-state index contributed by atoms with van der Waals surface area (Å²) in [6.07, 6.45) is 0. The molecule has 0 aliphatic heterocycles. The summed E-state index contributed by atoms with van der Waals surface area (Å²) < 4.78 is 32.0. The van der Waals surface area contributed by atoms with Crippen LogP contribution in [0.2, 0.25) is 0 Å². The zero-order chi connectivity index (χ0) is 19.9. The number of ether oxygens (including phenoxy) is 3.